The zero-order valence-corrected chi connectivity index (χ0v) is 17.6. The molecule has 0 aliphatic carbocycles. The van der Waals surface area contributed by atoms with Crippen molar-refractivity contribution in [1.29, 1.82) is 10.8 Å². The van der Waals surface area contributed by atoms with Gasteiger partial charge in [-0.2, -0.15) is 0 Å². The van der Waals surface area contributed by atoms with Gasteiger partial charge in [-0.25, -0.2) is 0 Å². The minimum absolute atomic E-state index is 0.0126. The molecule has 0 bridgehead atoms. The third kappa shape index (κ3) is 5.19. The van der Waals surface area contributed by atoms with E-state index in [4.69, 9.17) is 10.8 Å². The Hall–Kier alpha value is -2.86. The number of nitrogens with one attached hydrogen (secondary N) is 5. The van der Waals surface area contributed by atoms with Crippen LogP contribution in [0.3, 0.4) is 0 Å². The first kappa shape index (κ1) is 21.8. The molecular weight excluding hydrogens is 428 g/mol. The highest BCUT2D eigenvalue weighted by atomic mass is 32.2. The molecular formula is C18H20N6O4S2. The molecule has 0 aromatic heterocycles. The van der Waals surface area contributed by atoms with Crippen LogP contribution in [0.15, 0.2) is 24.3 Å². The van der Waals surface area contributed by atoms with Crippen LogP contribution in [-0.4, -0.2) is 51.0 Å². The second-order valence-corrected chi connectivity index (χ2v) is 8.92. The van der Waals surface area contributed by atoms with Crippen LogP contribution in [0.4, 0.5) is 11.4 Å². The summed E-state index contributed by atoms with van der Waals surface area (Å²) in [5.41, 5.74) is 1.14. The van der Waals surface area contributed by atoms with Gasteiger partial charge in [0.2, 0.25) is 23.6 Å². The molecule has 0 radical (unpaired) electrons. The van der Waals surface area contributed by atoms with Gasteiger partial charge in [0.05, 0.1) is 0 Å². The molecule has 2 saturated heterocycles. The van der Waals surface area contributed by atoms with Gasteiger partial charge in [0, 0.05) is 30.8 Å². The summed E-state index contributed by atoms with van der Waals surface area (Å²) in [6.45, 7) is 2.22. The van der Waals surface area contributed by atoms with Gasteiger partial charge >= 0.3 is 0 Å². The average molecular weight is 449 g/mol. The lowest BCUT2D eigenvalue weighted by Gasteiger charge is -2.22. The first-order valence-corrected chi connectivity index (χ1v) is 10.8. The fourth-order valence-corrected chi connectivity index (χ4v) is 4.66. The van der Waals surface area contributed by atoms with Crippen LogP contribution in [0.25, 0.3) is 0 Å². The van der Waals surface area contributed by atoms with Crippen molar-refractivity contribution in [3.8, 4) is 0 Å². The number of benzene rings is 1. The molecule has 2 atom stereocenters. The van der Waals surface area contributed by atoms with Crippen LogP contribution in [0.2, 0.25) is 0 Å². The Morgan fingerprint density at radius 3 is 2.00 bits per heavy atom. The standard InChI is InChI=1S/C18H20N6O4S2/c1-2-24(14(26)8-12-16(28)23-18(20)30-12)10-5-3-9(4-6-10)21-13(25)7-11-15(27)22-17(19)29-11/h3-6,11-12H,2,7-8H2,1H3,(H,21,25)(H2,19,22,27)(H2,20,23,28). The smallest absolute Gasteiger partial charge is 0.240 e. The third-order valence-corrected chi connectivity index (χ3v) is 6.40. The van der Waals surface area contributed by atoms with E-state index in [9.17, 15) is 19.2 Å². The lowest BCUT2D eigenvalue weighted by atomic mass is 10.2. The molecule has 1 aromatic carbocycles. The molecule has 0 spiro atoms. The number of amidine groups is 2. The highest BCUT2D eigenvalue weighted by Crippen LogP contribution is 2.25. The molecule has 1 aromatic rings. The summed E-state index contributed by atoms with van der Waals surface area (Å²) in [6, 6.07) is 6.68. The summed E-state index contributed by atoms with van der Waals surface area (Å²) in [4.78, 5) is 49.7. The molecule has 2 aliphatic heterocycles. The Balaban J connectivity index is 1.58. The van der Waals surface area contributed by atoms with Crippen molar-refractivity contribution in [2.75, 3.05) is 16.8 Å². The fourth-order valence-electron chi connectivity index (χ4n) is 2.98. The maximum Gasteiger partial charge on any atom is 0.240 e. The van der Waals surface area contributed by atoms with E-state index in [1.807, 2.05) is 6.92 Å². The topological polar surface area (TPSA) is 155 Å². The predicted molar refractivity (Wildman–Crippen MR) is 117 cm³/mol. The second kappa shape index (κ2) is 9.30. The molecule has 2 unspecified atom stereocenters. The number of thioether (sulfide) groups is 2. The summed E-state index contributed by atoms with van der Waals surface area (Å²) >= 11 is 2.04. The van der Waals surface area contributed by atoms with E-state index in [2.05, 4.69) is 16.0 Å². The highest BCUT2D eigenvalue weighted by molar-refractivity contribution is 8.15. The number of amides is 4. The number of carbonyl (C=O) groups excluding carboxylic acids is 4. The van der Waals surface area contributed by atoms with Crippen LogP contribution in [0, 0.1) is 10.8 Å². The molecule has 2 fully saturated rings. The SMILES string of the molecule is CCN(C(=O)CC1SC(=N)NC1=O)c1ccc(NC(=O)CC2SC(=N)NC2=O)cc1. The maximum absolute atomic E-state index is 12.6. The Morgan fingerprint density at radius 1 is 1.00 bits per heavy atom. The molecule has 5 N–H and O–H groups in total. The van der Waals surface area contributed by atoms with E-state index < -0.39 is 10.5 Å². The molecule has 2 aliphatic rings. The van der Waals surface area contributed by atoms with Crippen LogP contribution in [0.1, 0.15) is 19.8 Å². The largest absolute Gasteiger partial charge is 0.326 e. The third-order valence-electron chi connectivity index (χ3n) is 4.39. The first-order chi connectivity index (χ1) is 14.3. The molecule has 3 rings (SSSR count). The molecule has 12 heteroatoms. The van der Waals surface area contributed by atoms with Gasteiger partial charge in [0.15, 0.2) is 10.3 Å². The summed E-state index contributed by atoms with van der Waals surface area (Å²) < 4.78 is 0. The molecule has 158 valence electrons. The van der Waals surface area contributed by atoms with Crippen molar-refractivity contribution >= 4 is 68.9 Å². The van der Waals surface area contributed by atoms with Crippen molar-refractivity contribution in [1.82, 2.24) is 10.6 Å². The predicted octanol–water partition coefficient (Wildman–Crippen LogP) is 1.09. The first-order valence-electron chi connectivity index (χ1n) is 9.09. The average Bonchev–Trinajstić information content (AvgIpc) is 3.16. The van der Waals surface area contributed by atoms with Gasteiger partial charge in [-0.3, -0.25) is 30.0 Å². The van der Waals surface area contributed by atoms with Crippen molar-refractivity contribution in [3.05, 3.63) is 24.3 Å². The lowest BCUT2D eigenvalue weighted by Crippen LogP contribution is -2.35. The number of hydrogen-bond donors (Lipinski definition) is 5. The normalized spacial score (nSPS) is 20.7. The van der Waals surface area contributed by atoms with Crippen molar-refractivity contribution in [2.45, 2.75) is 30.3 Å². The molecule has 10 nitrogen and oxygen atoms in total. The summed E-state index contributed by atoms with van der Waals surface area (Å²) in [5.74, 6) is -1.27. The van der Waals surface area contributed by atoms with Crippen molar-refractivity contribution < 1.29 is 19.2 Å². The minimum Gasteiger partial charge on any atom is -0.326 e. The van der Waals surface area contributed by atoms with E-state index in [0.29, 0.717) is 17.9 Å². The van der Waals surface area contributed by atoms with Gasteiger partial charge in [-0.05, 0) is 31.2 Å². The zero-order chi connectivity index (χ0) is 21.8. The highest BCUT2D eigenvalue weighted by Gasteiger charge is 2.33. The number of hydrogen-bond acceptors (Lipinski definition) is 8. The summed E-state index contributed by atoms with van der Waals surface area (Å²) in [7, 11) is 0. The second-order valence-electron chi connectivity index (χ2n) is 6.49. The molecule has 2 heterocycles. The van der Waals surface area contributed by atoms with E-state index in [1.54, 1.807) is 24.3 Å². The number of rotatable bonds is 7. The fraction of sp³-hybridized carbons (Fsp3) is 0.333. The quantitative estimate of drug-likeness (QED) is 0.420. The Labute approximate surface area is 180 Å². The van der Waals surface area contributed by atoms with Gasteiger partial charge in [-0.1, -0.05) is 23.5 Å². The van der Waals surface area contributed by atoms with Crippen LogP contribution in [0.5, 0.6) is 0 Å². The summed E-state index contributed by atoms with van der Waals surface area (Å²) in [6.07, 6.45) is -0.0579. The van der Waals surface area contributed by atoms with E-state index in [0.717, 1.165) is 23.5 Å². The molecule has 0 saturated carbocycles. The molecule has 4 amide bonds. The van der Waals surface area contributed by atoms with Crippen molar-refractivity contribution in [3.63, 3.8) is 0 Å². The number of carbonyl (C=O) groups is 4. The van der Waals surface area contributed by atoms with Gasteiger partial charge in [0.25, 0.3) is 0 Å². The van der Waals surface area contributed by atoms with Crippen LogP contribution in [-0.2, 0) is 19.2 Å². The molecule has 30 heavy (non-hydrogen) atoms. The summed E-state index contributed by atoms with van der Waals surface area (Å²) in [5, 5.41) is 21.2. The number of nitrogens with zero attached hydrogens (tertiary/aromatic N) is 1. The van der Waals surface area contributed by atoms with Gasteiger partial charge in [0.1, 0.15) is 10.5 Å². The van der Waals surface area contributed by atoms with Crippen LogP contribution >= 0.6 is 23.5 Å². The van der Waals surface area contributed by atoms with Gasteiger partial charge < -0.3 is 20.9 Å². The number of anilines is 2. The Kier molecular flexibility index (Phi) is 6.77. The lowest BCUT2D eigenvalue weighted by molar-refractivity contribution is -0.123. The zero-order valence-electron chi connectivity index (χ0n) is 16.0. The van der Waals surface area contributed by atoms with E-state index >= 15 is 0 Å². The Bertz CT molecular complexity index is 920. The minimum atomic E-state index is -0.614. The van der Waals surface area contributed by atoms with E-state index in [-0.39, 0.29) is 46.8 Å². The maximum atomic E-state index is 12.6. The van der Waals surface area contributed by atoms with Gasteiger partial charge in [-0.15, -0.1) is 0 Å². The van der Waals surface area contributed by atoms with Crippen LogP contribution < -0.4 is 20.9 Å². The Morgan fingerprint density at radius 2 is 1.53 bits per heavy atom. The van der Waals surface area contributed by atoms with Crippen molar-refractivity contribution in [2.24, 2.45) is 0 Å². The monoisotopic (exact) mass is 448 g/mol. The van der Waals surface area contributed by atoms with E-state index in [1.165, 1.54) is 4.90 Å².